The van der Waals surface area contributed by atoms with E-state index in [1.54, 1.807) is 24.3 Å². The molecule has 1 heterocycles. The van der Waals surface area contributed by atoms with Crippen LogP contribution in [-0.2, 0) is 0 Å². The summed E-state index contributed by atoms with van der Waals surface area (Å²) in [4.78, 5) is 10.2. The Bertz CT molecular complexity index is 533. The number of nitrogens with zero attached hydrogens (tertiary/aromatic N) is 4. The minimum atomic E-state index is -0.560. The third-order valence-corrected chi connectivity index (χ3v) is 2.07. The maximum absolute atomic E-state index is 10.8. The van der Waals surface area contributed by atoms with Crippen LogP contribution in [0.2, 0.25) is 0 Å². The molecule has 6 nitrogen and oxygen atoms in total. The summed E-state index contributed by atoms with van der Waals surface area (Å²) >= 11 is 0. The van der Waals surface area contributed by atoms with Gasteiger partial charge >= 0.3 is 5.82 Å². The van der Waals surface area contributed by atoms with Gasteiger partial charge in [0.25, 0.3) is 0 Å². The fourth-order valence-electron chi connectivity index (χ4n) is 1.39. The zero-order valence-corrected chi connectivity index (χ0v) is 8.28. The fourth-order valence-corrected chi connectivity index (χ4v) is 1.39. The smallest absolute Gasteiger partial charge is 0.358 e. The molecule has 0 aliphatic heterocycles. The van der Waals surface area contributed by atoms with E-state index in [4.69, 9.17) is 0 Å². The van der Waals surface area contributed by atoms with Crippen LogP contribution in [-0.4, -0.2) is 19.9 Å². The van der Waals surface area contributed by atoms with Gasteiger partial charge < -0.3 is 10.1 Å². The van der Waals surface area contributed by atoms with Gasteiger partial charge in [-0.1, -0.05) is 36.9 Å². The van der Waals surface area contributed by atoms with E-state index < -0.39 is 4.92 Å². The van der Waals surface area contributed by atoms with Crippen LogP contribution in [0.15, 0.2) is 36.9 Å². The van der Waals surface area contributed by atoms with Crippen molar-refractivity contribution in [2.24, 2.45) is 0 Å². The van der Waals surface area contributed by atoms with Crippen LogP contribution < -0.4 is 0 Å². The molecule has 0 unspecified atom stereocenters. The SMILES string of the molecule is C=Cn1nnc([N+](=O)[O-])c1-c1ccccc1. The Labute approximate surface area is 91.0 Å². The van der Waals surface area contributed by atoms with Crippen LogP contribution in [0, 0.1) is 10.1 Å². The zero-order chi connectivity index (χ0) is 11.5. The third kappa shape index (κ3) is 1.56. The van der Waals surface area contributed by atoms with Gasteiger partial charge in [0.05, 0.1) is 5.21 Å². The molecule has 0 aliphatic carbocycles. The molecule has 0 atom stereocenters. The number of rotatable bonds is 3. The van der Waals surface area contributed by atoms with Crippen molar-refractivity contribution in [2.75, 3.05) is 0 Å². The highest BCUT2D eigenvalue weighted by Crippen LogP contribution is 2.27. The Morgan fingerprint density at radius 3 is 2.62 bits per heavy atom. The summed E-state index contributed by atoms with van der Waals surface area (Å²) in [6.45, 7) is 3.53. The molecule has 0 fully saturated rings. The van der Waals surface area contributed by atoms with Crippen molar-refractivity contribution in [1.82, 2.24) is 15.0 Å². The van der Waals surface area contributed by atoms with E-state index in [-0.39, 0.29) is 5.82 Å². The minimum Gasteiger partial charge on any atom is -0.358 e. The van der Waals surface area contributed by atoms with E-state index in [0.29, 0.717) is 11.3 Å². The molecule has 0 saturated carbocycles. The van der Waals surface area contributed by atoms with Gasteiger partial charge in [-0.3, -0.25) is 0 Å². The molecular formula is C10H8N4O2. The lowest BCUT2D eigenvalue weighted by molar-refractivity contribution is -0.388. The summed E-state index contributed by atoms with van der Waals surface area (Å²) in [7, 11) is 0. The summed E-state index contributed by atoms with van der Waals surface area (Å²) in [5.41, 5.74) is 1.01. The van der Waals surface area contributed by atoms with Crippen molar-refractivity contribution >= 4 is 12.0 Å². The van der Waals surface area contributed by atoms with Gasteiger partial charge in [-0.05, 0) is 4.92 Å². The molecule has 6 heteroatoms. The first-order valence-electron chi connectivity index (χ1n) is 4.51. The highest BCUT2D eigenvalue weighted by atomic mass is 16.6. The topological polar surface area (TPSA) is 73.8 Å². The monoisotopic (exact) mass is 216 g/mol. The van der Waals surface area contributed by atoms with Gasteiger partial charge in [0.1, 0.15) is 5.10 Å². The molecular weight excluding hydrogens is 208 g/mol. The molecule has 0 aliphatic rings. The number of hydrogen-bond acceptors (Lipinski definition) is 4. The van der Waals surface area contributed by atoms with Crippen LogP contribution in [0.1, 0.15) is 0 Å². The van der Waals surface area contributed by atoms with Crippen molar-refractivity contribution < 1.29 is 4.92 Å². The number of aromatic nitrogens is 3. The molecule has 80 valence electrons. The number of hydrogen-bond donors (Lipinski definition) is 0. The zero-order valence-electron chi connectivity index (χ0n) is 8.28. The lowest BCUT2D eigenvalue weighted by atomic mass is 10.1. The summed E-state index contributed by atoms with van der Waals surface area (Å²) in [5, 5.41) is 17.9. The van der Waals surface area contributed by atoms with Crippen LogP contribution >= 0.6 is 0 Å². The summed E-state index contributed by atoms with van der Waals surface area (Å²) in [6, 6.07) is 8.92. The van der Waals surface area contributed by atoms with E-state index in [0.717, 1.165) is 0 Å². The second-order valence-electron chi connectivity index (χ2n) is 3.01. The van der Waals surface area contributed by atoms with E-state index >= 15 is 0 Å². The highest BCUT2D eigenvalue weighted by Gasteiger charge is 2.23. The van der Waals surface area contributed by atoms with E-state index in [1.165, 1.54) is 10.9 Å². The molecule has 16 heavy (non-hydrogen) atoms. The Hall–Kier alpha value is -2.50. The molecule has 0 saturated heterocycles. The van der Waals surface area contributed by atoms with E-state index in [9.17, 15) is 10.1 Å². The van der Waals surface area contributed by atoms with Gasteiger partial charge in [-0.25, -0.2) is 0 Å². The largest absolute Gasteiger partial charge is 0.418 e. The second kappa shape index (κ2) is 3.93. The first-order chi connectivity index (χ1) is 7.74. The number of nitro groups is 1. The number of benzene rings is 1. The molecule has 1 aromatic heterocycles. The van der Waals surface area contributed by atoms with Crippen LogP contribution in [0.4, 0.5) is 5.82 Å². The molecule has 0 radical (unpaired) electrons. The minimum absolute atomic E-state index is 0.272. The van der Waals surface area contributed by atoms with E-state index in [1.807, 2.05) is 6.07 Å². The molecule has 2 aromatic rings. The summed E-state index contributed by atoms with van der Waals surface area (Å²) < 4.78 is 1.29. The van der Waals surface area contributed by atoms with Crippen molar-refractivity contribution in [1.29, 1.82) is 0 Å². The second-order valence-corrected chi connectivity index (χ2v) is 3.01. The van der Waals surface area contributed by atoms with Gasteiger partial charge in [0.2, 0.25) is 0 Å². The maximum atomic E-state index is 10.8. The predicted octanol–water partition coefficient (Wildman–Crippen LogP) is 1.95. The first-order valence-corrected chi connectivity index (χ1v) is 4.51. The molecule has 1 aromatic carbocycles. The summed E-state index contributed by atoms with van der Waals surface area (Å²) in [6.07, 6.45) is 1.38. The lowest BCUT2D eigenvalue weighted by Gasteiger charge is -1.99. The van der Waals surface area contributed by atoms with Crippen LogP contribution in [0.5, 0.6) is 0 Å². The fraction of sp³-hybridized carbons (Fsp3) is 0. The third-order valence-electron chi connectivity index (χ3n) is 2.07. The molecule has 0 N–H and O–H groups in total. The van der Waals surface area contributed by atoms with Gasteiger partial charge in [0.15, 0.2) is 5.69 Å². The highest BCUT2D eigenvalue weighted by molar-refractivity contribution is 5.68. The molecule has 0 amide bonds. The molecule has 2 rings (SSSR count). The van der Waals surface area contributed by atoms with Crippen LogP contribution in [0.25, 0.3) is 17.5 Å². The Morgan fingerprint density at radius 1 is 1.38 bits per heavy atom. The van der Waals surface area contributed by atoms with E-state index in [2.05, 4.69) is 16.9 Å². The van der Waals surface area contributed by atoms with Crippen molar-refractivity contribution in [2.45, 2.75) is 0 Å². The normalized spacial score (nSPS) is 10.0. The molecule has 0 bridgehead atoms. The van der Waals surface area contributed by atoms with Gasteiger partial charge in [-0.15, -0.1) is 0 Å². The standard InChI is InChI=1S/C10H8N4O2/c1-2-13-9(8-6-4-3-5-7-8)10(11-12-13)14(15)16/h2-7H,1H2. The van der Waals surface area contributed by atoms with Gasteiger partial charge in [-0.2, -0.15) is 4.68 Å². The average molecular weight is 216 g/mol. The summed E-state index contributed by atoms with van der Waals surface area (Å²) in [5.74, 6) is -0.272. The Kier molecular flexibility index (Phi) is 2.47. The Balaban J connectivity index is 2.66. The van der Waals surface area contributed by atoms with Crippen molar-refractivity contribution in [3.63, 3.8) is 0 Å². The van der Waals surface area contributed by atoms with Crippen molar-refractivity contribution in [3.8, 4) is 11.3 Å². The quantitative estimate of drug-likeness (QED) is 0.580. The first kappa shape index (κ1) is 10.0. The average Bonchev–Trinajstić information content (AvgIpc) is 2.73. The predicted molar refractivity (Wildman–Crippen MR) is 58.5 cm³/mol. The maximum Gasteiger partial charge on any atom is 0.418 e. The van der Waals surface area contributed by atoms with Gasteiger partial charge in [0, 0.05) is 11.8 Å². The van der Waals surface area contributed by atoms with Crippen LogP contribution in [0.3, 0.4) is 0 Å². The molecule has 0 spiro atoms. The lowest BCUT2D eigenvalue weighted by Crippen LogP contribution is -1.94. The Morgan fingerprint density at radius 2 is 2.06 bits per heavy atom. The van der Waals surface area contributed by atoms with Crippen molar-refractivity contribution in [3.05, 3.63) is 47.0 Å².